The molecule has 21 heavy (non-hydrogen) atoms. The van der Waals surface area contributed by atoms with Crippen molar-refractivity contribution in [1.29, 1.82) is 0 Å². The Labute approximate surface area is 124 Å². The summed E-state index contributed by atoms with van der Waals surface area (Å²) in [6, 6.07) is 2.35. The van der Waals surface area contributed by atoms with Gasteiger partial charge in [0.1, 0.15) is 23.4 Å². The van der Waals surface area contributed by atoms with E-state index in [1.807, 2.05) is 25.7 Å². The van der Waals surface area contributed by atoms with Gasteiger partial charge in [0.05, 0.1) is 6.26 Å². The van der Waals surface area contributed by atoms with Crippen molar-refractivity contribution in [3.8, 4) is 0 Å². The van der Waals surface area contributed by atoms with Crippen molar-refractivity contribution in [2.75, 3.05) is 13.1 Å². The van der Waals surface area contributed by atoms with Crippen molar-refractivity contribution in [2.45, 2.75) is 45.4 Å². The number of rotatable bonds is 4. The molecule has 0 bridgehead atoms. The van der Waals surface area contributed by atoms with E-state index in [1.165, 1.54) is 13.2 Å². The molecular weight excluding hydrogens is 272 g/mol. The topological polar surface area (TPSA) is 71.8 Å². The number of carbonyl (C=O) groups is 2. The number of hydrogen-bond donors (Lipinski definition) is 1. The predicted octanol–water partition coefficient (Wildman–Crippen LogP) is 1.48. The van der Waals surface area contributed by atoms with Crippen molar-refractivity contribution in [1.82, 2.24) is 10.2 Å². The van der Waals surface area contributed by atoms with Gasteiger partial charge in [-0.1, -0.05) is 6.92 Å². The highest BCUT2D eigenvalue weighted by Crippen LogP contribution is 2.30. The van der Waals surface area contributed by atoms with Crippen LogP contribution in [-0.2, 0) is 14.3 Å². The first-order valence-corrected chi connectivity index (χ1v) is 7.11. The summed E-state index contributed by atoms with van der Waals surface area (Å²) in [6.07, 6.45) is 1.53. The van der Waals surface area contributed by atoms with E-state index in [9.17, 15) is 9.59 Å². The fourth-order valence-corrected chi connectivity index (χ4v) is 2.75. The van der Waals surface area contributed by atoms with E-state index >= 15 is 0 Å². The van der Waals surface area contributed by atoms with Gasteiger partial charge < -0.3 is 14.5 Å². The van der Waals surface area contributed by atoms with Crippen LogP contribution >= 0.6 is 0 Å². The first-order chi connectivity index (χ1) is 9.84. The summed E-state index contributed by atoms with van der Waals surface area (Å²) in [6.45, 7) is 8.45. The fraction of sp³-hybridized carbons (Fsp3) is 0.600. The highest BCUT2D eigenvalue weighted by atomic mass is 16.6. The number of ether oxygens (including phenoxy) is 1. The number of cyclic esters (lactones) is 1. The number of nitrogens with zero attached hydrogens (tertiary/aromatic N) is 1. The average molecular weight is 294 g/mol. The summed E-state index contributed by atoms with van der Waals surface area (Å²) in [5, 5.41) is 2.80. The third-order valence-corrected chi connectivity index (χ3v) is 3.53. The summed E-state index contributed by atoms with van der Waals surface area (Å²) in [4.78, 5) is 25.9. The second-order valence-electron chi connectivity index (χ2n) is 5.88. The van der Waals surface area contributed by atoms with Gasteiger partial charge >= 0.3 is 5.97 Å². The van der Waals surface area contributed by atoms with Crippen LogP contribution in [0.15, 0.2) is 22.8 Å². The summed E-state index contributed by atoms with van der Waals surface area (Å²) in [5.74, 6) is -0.0151. The van der Waals surface area contributed by atoms with Crippen LogP contribution in [0.1, 0.15) is 39.5 Å². The number of esters is 1. The van der Waals surface area contributed by atoms with Gasteiger partial charge in [0.2, 0.25) is 5.91 Å². The zero-order chi connectivity index (χ0) is 15.6. The molecular formula is C15H22N2O4. The average Bonchev–Trinajstić information content (AvgIpc) is 2.88. The number of morpholine rings is 1. The van der Waals surface area contributed by atoms with Gasteiger partial charge in [-0.15, -0.1) is 0 Å². The Hall–Kier alpha value is -1.82. The van der Waals surface area contributed by atoms with Gasteiger partial charge in [0, 0.05) is 13.5 Å². The molecule has 0 aliphatic carbocycles. The minimum Gasteiger partial charge on any atom is -0.467 e. The molecule has 0 saturated carbocycles. The third kappa shape index (κ3) is 3.44. The lowest BCUT2D eigenvalue weighted by Gasteiger charge is -2.44. The summed E-state index contributed by atoms with van der Waals surface area (Å²) < 4.78 is 10.9. The summed E-state index contributed by atoms with van der Waals surface area (Å²) in [5.41, 5.74) is -0.534. The zero-order valence-corrected chi connectivity index (χ0v) is 12.9. The molecule has 1 aliphatic rings. The molecule has 1 fully saturated rings. The molecule has 1 aromatic heterocycles. The Kier molecular flexibility index (Phi) is 4.37. The van der Waals surface area contributed by atoms with E-state index in [0.717, 1.165) is 0 Å². The van der Waals surface area contributed by atoms with E-state index in [0.29, 0.717) is 18.8 Å². The van der Waals surface area contributed by atoms with Gasteiger partial charge in [-0.05, 0) is 32.5 Å². The van der Waals surface area contributed by atoms with E-state index in [4.69, 9.17) is 9.15 Å². The minimum absolute atomic E-state index is 0.218. The van der Waals surface area contributed by atoms with Crippen LogP contribution < -0.4 is 5.32 Å². The Morgan fingerprint density at radius 2 is 2.29 bits per heavy atom. The maximum Gasteiger partial charge on any atom is 0.326 e. The SMILES string of the molecule is CCN1CC(C)(C)OC(=O)C1C(NC(C)=O)c1ccco1. The molecule has 0 radical (unpaired) electrons. The lowest BCUT2D eigenvalue weighted by atomic mass is 9.97. The lowest BCUT2D eigenvalue weighted by molar-refractivity contribution is -0.180. The molecule has 2 unspecified atom stereocenters. The first-order valence-electron chi connectivity index (χ1n) is 7.11. The standard InChI is InChI=1S/C15H22N2O4/c1-5-17-9-15(3,4)21-14(19)13(17)12(16-10(2)18)11-7-6-8-20-11/h6-8,12-13H,5,9H2,1-4H3,(H,16,18). The van der Waals surface area contributed by atoms with E-state index < -0.39 is 17.7 Å². The quantitative estimate of drug-likeness (QED) is 0.852. The molecule has 2 heterocycles. The van der Waals surface area contributed by atoms with Gasteiger partial charge in [-0.2, -0.15) is 0 Å². The molecule has 6 heteroatoms. The maximum atomic E-state index is 12.4. The van der Waals surface area contributed by atoms with Crippen molar-refractivity contribution in [3.05, 3.63) is 24.2 Å². The number of hydrogen-bond acceptors (Lipinski definition) is 5. The normalized spacial score (nSPS) is 23.4. The Balaban J connectivity index is 2.33. The number of likely N-dealkylation sites (N-methyl/N-ethyl adjacent to an activating group) is 1. The number of carbonyl (C=O) groups excluding carboxylic acids is 2. The summed E-state index contributed by atoms with van der Waals surface area (Å²) in [7, 11) is 0. The number of amides is 1. The van der Waals surface area contributed by atoms with Crippen molar-refractivity contribution in [3.63, 3.8) is 0 Å². The highest BCUT2D eigenvalue weighted by Gasteiger charge is 2.45. The molecule has 1 aliphatic heterocycles. The van der Waals surface area contributed by atoms with E-state index in [1.54, 1.807) is 12.1 Å². The van der Waals surface area contributed by atoms with Crippen LogP contribution in [0.5, 0.6) is 0 Å². The molecule has 6 nitrogen and oxygen atoms in total. The van der Waals surface area contributed by atoms with Crippen LogP contribution in [0, 0.1) is 0 Å². The van der Waals surface area contributed by atoms with Crippen LogP contribution in [-0.4, -0.2) is 41.5 Å². The van der Waals surface area contributed by atoms with Crippen molar-refractivity contribution >= 4 is 11.9 Å². The van der Waals surface area contributed by atoms with Gasteiger partial charge in [-0.3, -0.25) is 14.5 Å². The molecule has 2 atom stereocenters. The first kappa shape index (κ1) is 15.6. The Bertz CT molecular complexity index is 510. The molecule has 0 aromatic carbocycles. The maximum absolute atomic E-state index is 12.4. The molecule has 1 amide bonds. The summed E-state index contributed by atoms with van der Waals surface area (Å²) >= 11 is 0. The molecule has 1 N–H and O–H groups in total. The zero-order valence-electron chi connectivity index (χ0n) is 12.9. The number of furan rings is 1. The Morgan fingerprint density at radius 3 is 2.81 bits per heavy atom. The molecule has 1 aromatic rings. The Morgan fingerprint density at radius 1 is 1.57 bits per heavy atom. The highest BCUT2D eigenvalue weighted by molar-refractivity contribution is 5.80. The van der Waals surface area contributed by atoms with Crippen molar-refractivity contribution in [2.24, 2.45) is 0 Å². The third-order valence-electron chi connectivity index (χ3n) is 3.53. The van der Waals surface area contributed by atoms with Gasteiger partial charge in [-0.25, -0.2) is 0 Å². The lowest BCUT2D eigenvalue weighted by Crippen LogP contribution is -2.60. The van der Waals surface area contributed by atoms with Crippen LogP contribution in [0.4, 0.5) is 0 Å². The smallest absolute Gasteiger partial charge is 0.326 e. The molecule has 1 saturated heterocycles. The monoisotopic (exact) mass is 294 g/mol. The molecule has 116 valence electrons. The number of nitrogens with one attached hydrogen (secondary N) is 1. The minimum atomic E-state index is -0.585. The fourth-order valence-electron chi connectivity index (χ4n) is 2.75. The largest absolute Gasteiger partial charge is 0.467 e. The van der Waals surface area contributed by atoms with Gasteiger partial charge in [0.15, 0.2) is 0 Å². The second kappa shape index (κ2) is 5.89. The van der Waals surface area contributed by atoms with E-state index in [-0.39, 0.29) is 11.9 Å². The van der Waals surface area contributed by atoms with Gasteiger partial charge in [0.25, 0.3) is 0 Å². The predicted molar refractivity (Wildman–Crippen MR) is 76.5 cm³/mol. The van der Waals surface area contributed by atoms with Crippen LogP contribution in [0.25, 0.3) is 0 Å². The van der Waals surface area contributed by atoms with E-state index in [2.05, 4.69) is 5.32 Å². The molecule has 2 rings (SSSR count). The van der Waals surface area contributed by atoms with Crippen LogP contribution in [0.2, 0.25) is 0 Å². The van der Waals surface area contributed by atoms with Crippen LogP contribution in [0.3, 0.4) is 0 Å². The second-order valence-corrected chi connectivity index (χ2v) is 5.88. The van der Waals surface area contributed by atoms with Crippen molar-refractivity contribution < 1.29 is 18.7 Å². The molecule has 0 spiro atoms.